The number of aromatic nitrogens is 2. The zero-order chi connectivity index (χ0) is 16.4. The highest BCUT2D eigenvalue weighted by Gasteiger charge is 2.41. The van der Waals surface area contributed by atoms with E-state index in [0.29, 0.717) is 24.8 Å². The average molecular weight is 325 g/mol. The number of para-hydroxylation sites is 1. The van der Waals surface area contributed by atoms with Gasteiger partial charge in [-0.1, -0.05) is 18.2 Å². The normalized spacial score (nSPS) is 25.9. The van der Waals surface area contributed by atoms with Crippen molar-refractivity contribution in [2.24, 2.45) is 4.99 Å². The molecule has 0 saturated carbocycles. The van der Waals surface area contributed by atoms with Crippen molar-refractivity contribution in [3.63, 3.8) is 0 Å². The lowest BCUT2D eigenvalue weighted by Gasteiger charge is -2.22. The zero-order valence-electron chi connectivity index (χ0n) is 13.9. The molecular formula is C18H23N5O. The molecule has 1 aromatic heterocycles. The molecule has 2 fully saturated rings. The molecule has 4 rings (SSSR count). The Morgan fingerprint density at radius 1 is 1.29 bits per heavy atom. The Morgan fingerprint density at radius 2 is 2.17 bits per heavy atom. The standard InChI is InChI=1S/C18H23N5O/c1-19-18(21-16-11-15-7-8-17(16)24-15)20-12-13-9-10-23(22-13)14-5-3-2-4-6-14/h2-6,9-10,15-17H,7-8,11-12H2,1H3,(H2,19,20,21). The van der Waals surface area contributed by atoms with E-state index >= 15 is 0 Å². The maximum absolute atomic E-state index is 5.88. The third-order valence-corrected chi connectivity index (χ3v) is 4.75. The van der Waals surface area contributed by atoms with E-state index in [1.807, 2.05) is 47.3 Å². The summed E-state index contributed by atoms with van der Waals surface area (Å²) in [4.78, 5) is 4.32. The zero-order valence-corrected chi connectivity index (χ0v) is 13.9. The van der Waals surface area contributed by atoms with Crippen LogP contribution in [-0.2, 0) is 11.3 Å². The van der Waals surface area contributed by atoms with Gasteiger partial charge in [0, 0.05) is 13.2 Å². The van der Waals surface area contributed by atoms with Crippen LogP contribution in [0.15, 0.2) is 47.6 Å². The molecule has 2 saturated heterocycles. The van der Waals surface area contributed by atoms with Crippen LogP contribution in [0.2, 0.25) is 0 Å². The topological polar surface area (TPSA) is 63.5 Å². The molecule has 0 radical (unpaired) electrons. The molecule has 3 atom stereocenters. The first-order chi connectivity index (χ1) is 11.8. The number of ether oxygens (including phenoxy) is 1. The maximum Gasteiger partial charge on any atom is 0.191 e. The number of aliphatic imine (C=N–C) groups is 1. The maximum atomic E-state index is 5.88. The second-order valence-electron chi connectivity index (χ2n) is 6.37. The fourth-order valence-corrected chi connectivity index (χ4v) is 3.51. The van der Waals surface area contributed by atoms with E-state index in [-0.39, 0.29) is 0 Å². The van der Waals surface area contributed by atoms with Crippen molar-refractivity contribution in [1.82, 2.24) is 20.4 Å². The second kappa shape index (κ2) is 6.65. The summed E-state index contributed by atoms with van der Waals surface area (Å²) < 4.78 is 7.77. The Labute approximate surface area is 141 Å². The van der Waals surface area contributed by atoms with Gasteiger partial charge < -0.3 is 15.4 Å². The first-order valence-electron chi connectivity index (χ1n) is 8.54. The first kappa shape index (κ1) is 15.2. The van der Waals surface area contributed by atoms with Crippen LogP contribution in [0.1, 0.15) is 25.0 Å². The molecule has 2 aliphatic rings. The molecule has 24 heavy (non-hydrogen) atoms. The van der Waals surface area contributed by atoms with Gasteiger partial charge >= 0.3 is 0 Å². The van der Waals surface area contributed by atoms with Gasteiger partial charge in [0.2, 0.25) is 0 Å². The van der Waals surface area contributed by atoms with Crippen LogP contribution in [0, 0.1) is 0 Å². The van der Waals surface area contributed by atoms with E-state index in [1.165, 1.54) is 6.42 Å². The summed E-state index contributed by atoms with van der Waals surface area (Å²) in [5.41, 5.74) is 2.04. The van der Waals surface area contributed by atoms with E-state index in [2.05, 4.69) is 20.7 Å². The van der Waals surface area contributed by atoms with Crippen molar-refractivity contribution >= 4 is 5.96 Å². The average Bonchev–Trinajstić information content (AvgIpc) is 3.36. The number of fused-ring (bicyclic) bond motifs is 2. The van der Waals surface area contributed by atoms with Crippen molar-refractivity contribution in [3.05, 3.63) is 48.3 Å². The number of benzene rings is 1. The van der Waals surface area contributed by atoms with Crippen LogP contribution in [0.4, 0.5) is 0 Å². The first-order valence-corrected chi connectivity index (χ1v) is 8.54. The fraction of sp³-hybridized carbons (Fsp3) is 0.444. The number of hydrogen-bond donors (Lipinski definition) is 2. The lowest BCUT2D eigenvalue weighted by Crippen LogP contribution is -2.47. The summed E-state index contributed by atoms with van der Waals surface area (Å²) in [6, 6.07) is 12.5. The summed E-state index contributed by atoms with van der Waals surface area (Å²) in [6.07, 6.45) is 6.19. The highest BCUT2D eigenvalue weighted by molar-refractivity contribution is 5.80. The van der Waals surface area contributed by atoms with Crippen LogP contribution in [0.25, 0.3) is 5.69 Å². The second-order valence-corrected chi connectivity index (χ2v) is 6.37. The predicted molar refractivity (Wildman–Crippen MR) is 93.2 cm³/mol. The van der Waals surface area contributed by atoms with Gasteiger partial charge in [0.1, 0.15) is 0 Å². The van der Waals surface area contributed by atoms with Gasteiger partial charge in [0.25, 0.3) is 0 Å². The Kier molecular flexibility index (Phi) is 4.21. The lowest BCUT2D eigenvalue weighted by atomic mass is 9.96. The molecule has 6 heteroatoms. The van der Waals surface area contributed by atoms with Crippen molar-refractivity contribution in [3.8, 4) is 5.69 Å². The van der Waals surface area contributed by atoms with Crippen molar-refractivity contribution < 1.29 is 4.74 Å². The Bertz CT molecular complexity index is 711. The third kappa shape index (κ3) is 3.14. The van der Waals surface area contributed by atoms with Crippen LogP contribution >= 0.6 is 0 Å². The summed E-state index contributed by atoms with van der Waals surface area (Å²) in [7, 11) is 1.80. The van der Waals surface area contributed by atoms with Crippen LogP contribution in [0.3, 0.4) is 0 Å². The van der Waals surface area contributed by atoms with Crippen LogP contribution in [-0.4, -0.2) is 41.0 Å². The molecule has 6 nitrogen and oxygen atoms in total. The summed E-state index contributed by atoms with van der Waals surface area (Å²) in [6.45, 7) is 0.640. The van der Waals surface area contributed by atoms with Gasteiger partial charge in [0.05, 0.1) is 36.2 Å². The molecule has 0 spiro atoms. The van der Waals surface area contributed by atoms with Gasteiger partial charge in [0.15, 0.2) is 5.96 Å². The van der Waals surface area contributed by atoms with E-state index in [4.69, 9.17) is 4.74 Å². The quantitative estimate of drug-likeness (QED) is 0.665. The van der Waals surface area contributed by atoms with Crippen LogP contribution < -0.4 is 10.6 Å². The molecule has 2 aliphatic heterocycles. The van der Waals surface area contributed by atoms with Crippen LogP contribution in [0.5, 0.6) is 0 Å². The number of rotatable bonds is 4. The SMILES string of the molecule is CN=C(NCc1ccn(-c2ccccc2)n1)NC1CC2CCC1O2. The number of guanidine groups is 1. The molecule has 3 unspecified atom stereocenters. The van der Waals surface area contributed by atoms with Crippen molar-refractivity contribution in [2.45, 2.75) is 44.1 Å². The third-order valence-electron chi connectivity index (χ3n) is 4.75. The minimum absolute atomic E-state index is 0.339. The molecule has 0 amide bonds. The smallest absolute Gasteiger partial charge is 0.191 e. The van der Waals surface area contributed by atoms with Crippen molar-refractivity contribution in [1.29, 1.82) is 0 Å². The Balaban J connectivity index is 1.33. The summed E-state index contributed by atoms with van der Waals surface area (Å²) in [5, 5.41) is 11.4. The number of nitrogens with one attached hydrogen (secondary N) is 2. The molecule has 3 heterocycles. The number of hydrogen-bond acceptors (Lipinski definition) is 3. The minimum Gasteiger partial charge on any atom is -0.373 e. The highest BCUT2D eigenvalue weighted by atomic mass is 16.5. The minimum atomic E-state index is 0.339. The van der Waals surface area contributed by atoms with Gasteiger partial charge in [-0.3, -0.25) is 4.99 Å². The molecule has 2 bridgehead atoms. The summed E-state index contributed by atoms with van der Waals surface area (Å²) in [5.74, 6) is 0.811. The molecule has 126 valence electrons. The fourth-order valence-electron chi connectivity index (χ4n) is 3.51. The van der Waals surface area contributed by atoms with E-state index in [9.17, 15) is 0 Å². The van der Waals surface area contributed by atoms with Gasteiger partial charge in [-0.15, -0.1) is 0 Å². The molecular weight excluding hydrogens is 302 g/mol. The lowest BCUT2D eigenvalue weighted by molar-refractivity contribution is 0.0992. The van der Waals surface area contributed by atoms with Crippen molar-refractivity contribution in [2.75, 3.05) is 7.05 Å². The van der Waals surface area contributed by atoms with E-state index < -0.39 is 0 Å². The highest BCUT2D eigenvalue weighted by Crippen LogP contribution is 2.34. The summed E-state index contributed by atoms with van der Waals surface area (Å²) >= 11 is 0. The largest absolute Gasteiger partial charge is 0.373 e. The van der Waals surface area contributed by atoms with E-state index in [0.717, 1.165) is 30.2 Å². The Morgan fingerprint density at radius 3 is 2.88 bits per heavy atom. The van der Waals surface area contributed by atoms with E-state index in [1.54, 1.807) is 7.05 Å². The van der Waals surface area contributed by atoms with Gasteiger partial charge in [-0.05, 0) is 37.5 Å². The molecule has 0 aliphatic carbocycles. The molecule has 1 aromatic carbocycles. The van der Waals surface area contributed by atoms with Gasteiger partial charge in [-0.25, -0.2) is 4.68 Å². The predicted octanol–water partition coefficient (Wildman–Crippen LogP) is 1.86. The molecule has 2 aromatic rings. The van der Waals surface area contributed by atoms with Gasteiger partial charge in [-0.2, -0.15) is 5.10 Å². The molecule has 2 N–H and O–H groups in total. The Hall–Kier alpha value is -2.34. The monoisotopic (exact) mass is 325 g/mol. The number of nitrogens with zero attached hydrogens (tertiary/aromatic N) is 3.